The normalized spacial score (nSPS) is 12.2. The number of fused-ring (bicyclic) bond motifs is 3. The lowest BCUT2D eigenvalue weighted by Crippen LogP contribution is -2.27. The van der Waals surface area contributed by atoms with Crippen LogP contribution in [0.1, 0.15) is 12.5 Å². The van der Waals surface area contributed by atoms with E-state index >= 15 is 0 Å². The highest BCUT2D eigenvalue weighted by Crippen LogP contribution is 2.18. The number of aromatic nitrogens is 4. The highest BCUT2D eigenvalue weighted by molar-refractivity contribution is 5.81. The Bertz CT molecular complexity index is 872. The number of nitrogens with one attached hydrogen (secondary N) is 2. The molecule has 1 atom stereocenters. The smallest absolute Gasteiger partial charge is 0.328 e. The number of nitriles is 1. The summed E-state index contributed by atoms with van der Waals surface area (Å²) in [6.07, 6.45) is 0. The Morgan fingerprint density at radius 3 is 3.05 bits per heavy atom. The summed E-state index contributed by atoms with van der Waals surface area (Å²) in [4.78, 5) is 20.0. The van der Waals surface area contributed by atoms with Gasteiger partial charge in [0.1, 0.15) is 6.04 Å². The molecule has 0 aliphatic heterocycles. The van der Waals surface area contributed by atoms with Gasteiger partial charge in [-0.3, -0.25) is 5.10 Å². The summed E-state index contributed by atoms with van der Waals surface area (Å²) in [5.74, 6) is 0.494. The zero-order chi connectivity index (χ0) is 15.0. The van der Waals surface area contributed by atoms with E-state index in [1.807, 2.05) is 0 Å². The minimum atomic E-state index is -0.526. The second-order valence-electron chi connectivity index (χ2n) is 4.52. The molecule has 0 fully saturated rings. The third-order valence-corrected chi connectivity index (χ3v) is 3.10. The van der Waals surface area contributed by atoms with Crippen LogP contribution in [-0.2, 0) is 9.53 Å². The van der Waals surface area contributed by atoms with Crippen molar-refractivity contribution >= 4 is 28.7 Å². The van der Waals surface area contributed by atoms with Crippen LogP contribution >= 0.6 is 0 Å². The molecule has 2 aromatic heterocycles. The van der Waals surface area contributed by atoms with E-state index in [1.165, 1.54) is 7.11 Å². The maximum Gasteiger partial charge on any atom is 0.328 e. The number of anilines is 1. The molecule has 8 nitrogen and oxygen atoms in total. The molecule has 0 aliphatic rings. The van der Waals surface area contributed by atoms with Crippen molar-refractivity contribution in [2.75, 3.05) is 12.4 Å². The lowest BCUT2D eigenvalue weighted by atomic mass is 10.2. The Morgan fingerprint density at radius 2 is 2.33 bits per heavy atom. The number of ether oxygens (including phenoxy) is 1. The fourth-order valence-corrected chi connectivity index (χ4v) is 2.06. The van der Waals surface area contributed by atoms with Gasteiger partial charge in [-0.05, 0) is 25.1 Å². The van der Waals surface area contributed by atoms with Crippen molar-refractivity contribution in [3.63, 3.8) is 0 Å². The first-order valence-electron chi connectivity index (χ1n) is 6.25. The van der Waals surface area contributed by atoms with Crippen LogP contribution in [-0.4, -0.2) is 38.7 Å². The van der Waals surface area contributed by atoms with Gasteiger partial charge in [0.2, 0.25) is 5.95 Å². The van der Waals surface area contributed by atoms with Crippen LogP contribution in [0.2, 0.25) is 0 Å². The SMILES string of the molecule is COC(=O)C(C)Nc1nc2nc3cc(C#N)ccc3n2[nH]1. The number of methoxy groups -OCH3 is 1. The van der Waals surface area contributed by atoms with Crippen molar-refractivity contribution < 1.29 is 9.53 Å². The number of hydrogen-bond acceptors (Lipinski definition) is 6. The van der Waals surface area contributed by atoms with E-state index in [2.05, 4.69) is 31.2 Å². The molecule has 0 saturated heterocycles. The summed E-state index contributed by atoms with van der Waals surface area (Å²) in [5, 5.41) is 14.8. The second kappa shape index (κ2) is 4.79. The van der Waals surface area contributed by atoms with E-state index in [9.17, 15) is 4.79 Å². The van der Waals surface area contributed by atoms with E-state index in [0.29, 0.717) is 22.8 Å². The van der Waals surface area contributed by atoms with Crippen molar-refractivity contribution in [1.82, 2.24) is 19.6 Å². The van der Waals surface area contributed by atoms with Crippen LogP contribution in [0.5, 0.6) is 0 Å². The van der Waals surface area contributed by atoms with Crippen LogP contribution in [0.3, 0.4) is 0 Å². The summed E-state index contributed by atoms with van der Waals surface area (Å²) < 4.78 is 6.32. The third kappa shape index (κ3) is 2.14. The van der Waals surface area contributed by atoms with Gasteiger partial charge in [0.05, 0.1) is 29.8 Å². The first-order chi connectivity index (χ1) is 10.1. The van der Waals surface area contributed by atoms with Crippen LogP contribution in [0.25, 0.3) is 16.8 Å². The fourth-order valence-electron chi connectivity index (χ4n) is 2.06. The molecular weight excluding hydrogens is 272 g/mol. The van der Waals surface area contributed by atoms with Gasteiger partial charge in [-0.2, -0.15) is 10.2 Å². The zero-order valence-electron chi connectivity index (χ0n) is 11.4. The molecule has 21 heavy (non-hydrogen) atoms. The summed E-state index contributed by atoms with van der Waals surface area (Å²) in [6.45, 7) is 1.68. The number of imidazole rings is 1. The van der Waals surface area contributed by atoms with Crippen molar-refractivity contribution in [3.8, 4) is 6.07 Å². The number of H-pyrrole nitrogens is 1. The molecule has 106 valence electrons. The molecule has 0 spiro atoms. The van der Waals surface area contributed by atoms with Gasteiger partial charge in [-0.25, -0.2) is 14.3 Å². The van der Waals surface area contributed by atoms with Gasteiger partial charge in [-0.15, -0.1) is 0 Å². The first kappa shape index (κ1) is 12.9. The van der Waals surface area contributed by atoms with Gasteiger partial charge in [-0.1, -0.05) is 0 Å². The minimum absolute atomic E-state index is 0.382. The molecule has 0 aliphatic carbocycles. The Hall–Kier alpha value is -3.08. The Labute approximate surface area is 119 Å². The number of carbonyl (C=O) groups is 1. The molecular formula is C13H12N6O2. The van der Waals surface area contributed by atoms with Gasteiger partial charge in [0.25, 0.3) is 5.78 Å². The largest absolute Gasteiger partial charge is 0.467 e. The Kier molecular flexibility index (Phi) is 2.95. The first-order valence-corrected chi connectivity index (χ1v) is 6.25. The molecule has 3 aromatic rings. The van der Waals surface area contributed by atoms with E-state index in [4.69, 9.17) is 5.26 Å². The highest BCUT2D eigenvalue weighted by atomic mass is 16.5. The lowest BCUT2D eigenvalue weighted by Gasteiger charge is -2.09. The van der Waals surface area contributed by atoms with E-state index in [1.54, 1.807) is 29.6 Å². The monoisotopic (exact) mass is 284 g/mol. The number of rotatable bonds is 3. The molecule has 3 rings (SSSR count). The van der Waals surface area contributed by atoms with Gasteiger partial charge >= 0.3 is 5.97 Å². The molecule has 0 radical (unpaired) electrons. The quantitative estimate of drug-likeness (QED) is 0.696. The number of aromatic amines is 1. The van der Waals surface area contributed by atoms with E-state index < -0.39 is 6.04 Å². The number of esters is 1. The average Bonchev–Trinajstić information content (AvgIpc) is 3.02. The molecule has 2 heterocycles. The lowest BCUT2D eigenvalue weighted by molar-refractivity contribution is -0.141. The van der Waals surface area contributed by atoms with E-state index in [-0.39, 0.29) is 5.97 Å². The van der Waals surface area contributed by atoms with Crippen LogP contribution in [0.4, 0.5) is 5.95 Å². The predicted octanol–water partition coefficient (Wildman–Crippen LogP) is 1.06. The van der Waals surface area contributed by atoms with Crippen LogP contribution in [0, 0.1) is 11.3 Å². The summed E-state index contributed by atoms with van der Waals surface area (Å²) in [6, 6.07) is 6.74. The van der Waals surface area contributed by atoms with Gasteiger partial charge in [0, 0.05) is 0 Å². The fraction of sp³-hybridized carbons (Fsp3) is 0.231. The number of nitrogens with zero attached hydrogens (tertiary/aromatic N) is 4. The predicted molar refractivity (Wildman–Crippen MR) is 74.7 cm³/mol. The van der Waals surface area contributed by atoms with Crippen molar-refractivity contribution in [2.24, 2.45) is 0 Å². The molecule has 0 saturated carbocycles. The summed E-state index contributed by atoms with van der Waals surface area (Å²) in [5.41, 5.74) is 2.02. The molecule has 1 unspecified atom stereocenters. The van der Waals surface area contributed by atoms with Crippen LogP contribution < -0.4 is 5.32 Å². The minimum Gasteiger partial charge on any atom is -0.467 e. The van der Waals surface area contributed by atoms with Crippen molar-refractivity contribution in [2.45, 2.75) is 13.0 Å². The molecule has 0 amide bonds. The van der Waals surface area contributed by atoms with Crippen LogP contribution in [0.15, 0.2) is 18.2 Å². The van der Waals surface area contributed by atoms with Gasteiger partial charge in [0.15, 0.2) is 0 Å². The number of hydrogen-bond donors (Lipinski definition) is 2. The molecule has 2 N–H and O–H groups in total. The maximum absolute atomic E-state index is 11.4. The summed E-state index contributed by atoms with van der Waals surface area (Å²) >= 11 is 0. The molecule has 8 heteroatoms. The highest BCUT2D eigenvalue weighted by Gasteiger charge is 2.16. The Balaban J connectivity index is 1.98. The Morgan fingerprint density at radius 1 is 1.52 bits per heavy atom. The average molecular weight is 284 g/mol. The standard InChI is InChI=1S/C13H12N6O2/c1-7(11(20)21-2)15-12-17-13-16-9-5-8(6-14)3-4-10(9)19(13)18-12/h3-5,7H,1-2H3,(H2,15,16,17,18). The number of benzene rings is 1. The number of carbonyl (C=O) groups excluding carboxylic acids is 1. The third-order valence-electron chi connectivity index (χ3n) is 3.10. The molecule has 0 bridgehead atoms. The summed E-state index contributed by atoms with van der Waals surface area (Å²) in [7, 11) is 1.33. The van der Waals surface area contributed by atoms with Crippen molar-refractivity contribution in [3.05, 3.63) is 23.8 Å². The van der Waals surface area contributed by atoms with E-state index in [0.717, 1.165) is 5.52 Å². The maximum atomic E-state index is 11.4. The van der Waals surface area contributed by atoms with Crippen molar-refractivity contribution in [1.29, 1.82) is 5.26 Å². The zero-order valence-corrected chi connectivity index (χ0v) is 11.4. The molecule has 1 aromatic carbocycles. The second-order valence-corrected chi connectivity index (χ2v) is 4.52. The topological polar surface area (TPSA) is 108 Å². The van der Waals surface area contributed by atoms with Gasteiger partial charge < -0.3 is 10.1 Å².